The van der Waals surface area contributed by atoms with Crippen LogP contribution in [0.1, 0.15) is 31.4 Å². The lowest BCUT2D eigenvalue weighted by Crippen LogP contribution is -2.26. The molecule has 2 aromatic carbocycles. The van der Waals surface area contributed by atoms with E-state index in [0.717, 1.165) is 71.4 Å². The van der Waals surface area contributed by atoms with Crippen molar-refractivity contribution < 1.29 is 23.8 Å². The lowest BCUT2D eigenvalue weighted by atomic mass is 9.83. The summed E-state index contributed by atoms with van der Waals surface area (Å²) in [5, 5.41) is 9.89. The number of carboxylic acids is 1. The number of carboxylic acid groups (broad SMARTS) is 1. The van der Waals surface area contributed by atoms with Crippen molar-refractivity contribution in [3.05, 3.63) is 66.6 Å². The summed E-state index contributed by atoms with van der Waals surface area (Å²) in [6.45, 7) is -0.251. The first-order valence-electron chi connectivity index (χ1n) is 11.9. The summed E-state index contributed by atoms with van der Waals surface area (Å²) in [5.74, 6) is 0.966. The SMILES string of the molecule is COc1ccc(-c2c(-c3ccccc3)oc3ncnc(C[C@H]4CCC[C@@H](OCC(=O)O)C4)c23)cc1. The average molecular weight is 473 g/mol. The number of fused-ring (bicyclic) bond motifs is 1. The fourth-order valence-electron chi connectivity index (χ4n) is 5.02. The van der Waals surface area contributed by atoms with Crippen LogP contribution in [0.2, 0.25) is 0 Å². The van der Waals surface area contributed by atoms with Crippen LogP contribution in [0.5, 0.6) is 5.75 Å². The molecule has 4 aromatic rings. The maximum Gasteiger partial charge on any atom is 0.329 e. The number of aliphatic carboxylic acids is 1. The van der Waals surface area contributed by atoms with Gasteiger partial charge in [0.25, 0.3) is 0 Å². The Bertz CT molecular complexity index is 1300. The van der Waals surface area contributed by atoms with Crippen LogP contribution in [0.15, 0.2) is 65.3 Å². The minimum absolute atomic E-state index is 0.0348. The summed E-state index contributed by atoms with van der Waals surface area (Å²) >= 11 is 0. The Morgan fingerprint density at radius 2 is 1.86 bits per heavy atom. The molecule has 0 saturated heterocycles. The summed E-state index contributed by atoms with van der Waals surface area (Å²) in [4.78, 5) is 20.1. The first kappa shape index (κ1) is 23.1. The van der Waals surface area contributed by atoms with Crippen LogP contribution in [0.3, 0.4) is 0 Å². The predicted molar refractivity (Wildman–Crippen MR) is 132 cm³/mol. The van der Waals surface area contributed by atoms with Crippen LogP contribution >= 0.6 is 0 Å². The van der Waals surface area contributed by atoms with Crippen molar-refractivity contribution in [2.45, 2.75) is 38.2 Å². The van der Waals surface area contributed by atoms with E-state index in [9.17, 15) is 4.79 Å². The lowest BCUT2D eigenvalue weighted by molar-refractivity contribution is -0.145. The molecule has 0 bridgehead atoms. The highest BCUT2D eigenvalue weighted by Crippen LogP contribution is 2.42. The first-order chi connectivity index (χ1) is 17.1. The van der Waals surface area contributed by atoms with Gasteiger partial charge in [-0.05, 0) is 49.3 Å². The molecule has 2 heterocycles. The van der Waals surface area contributed by atoms with E-state index >= 15 is 0 Å². The second-order valence-electron chi connectivity index (χ2n) is 8.96. The minimum atomic E-state index is -0.930. The zero-order chi connectivity index (χ0) is 24.2. The predicted octanol–water partition coefficient (Wildman–Crippen LogP) is 5.77. The molecular weight excluding hydrogens is 444 g/mol. The number of rotatable bonds is 8. The Balaban J connectivity index is 1.55. The molecule has 0 spiro atoms. The van der Waals surface area contributed by atoms with Crippen LogP contribution in [0.25, 0.3) is 33.6 Å². The van der Waals surface area contributed by atoms with E-state index in [2.05, 4.69) is 4.98 Å². The number of ether oxygens (including phenoxy) is 2. The normalized spacial score (nSPS) is 18.0. The maximum absolute atomic E-state index is 10.9. The van der Waals surface area contributed by atoms with Gasteiger partial charge in [-0.1, -0.05) is 48.9 Å². The number of hydrogen-bond acceptors (Lipinski definition) is 6. The number of aromatic nitrogens is 2. The van der Waals surface area contributed by atoms with Gasteiger partial charge in [0.1, 0.15) is 24.4 Å². The summed E-state index contributed by atoms with van der Waals surface area (Å²) in [5.41, 5.74) is 4.46. The second kappa shape index (κ2) is 10.3. The van der Waals surface area contributed by atoms with Gasteiger partial charge in [-0.3, -0.25) is 0 Å². The number of furan rings is 1. The van der Waals surface area contributed by atoms with Gasteiger partial charge < -0.3 is 19.0 Å². The Morgan fingerprint density at radius 1 is 1.06 bits per heavy atom. The van der Waals surface area contributed by atoms with Gasteiger partial charge in [0.2, 0.25) is 5.71 Å². The molecule has 5 rings (SSSR count). The number of hydrogen-bond donors (Lipinski definition) is 1. The highest BCUT2D eigenvalue weighted by molar-refractivity contribution is 6.01. The molecule has 0 unspecified atom stereocenters. The van der Waals surface area contributed by atoms with E-state index in [-0.39, 0.29) is 12.7 Å². The zero-order valence-corrected chi connectivity index (χ0v) is 19.6. The van der Waals surface area contributed by atoms with Crippen molar-refractivity contribution in [2.75, 3.05) is 13.7 Å². The molecule has 1 N–H and O–H groups in total. The molecule has 0 amide bonds. The molecule has 0 radical (unpaired) electrons. The smallest absolute Gasteiger partial charge is 0.329 e. The summed E-state index contributed by atoms with van der Waals surface area (Å²) < 4.78 is 17.3. The molecule has 1 aliphatic carbocycles. The monoisotopic (exact) mass is 472 g/mol. The Kier molecular flexibility index (Phi) is 6.77. The Morgan fingerprint density at radius 3 is 2.60 bits per heavy atom. The summed E-state index contributed by atoms with van der Waals surface area (Å²) in [6.07, 6.45) is 6.06. The number of methoxy groups -OCH3 is 1. The number of benzene rings is 2. The van der Waals surface area contributed by atoms with Crippen molar-refractivity contribution in [3.8, 4) is 28.2 Å². The molecule has 180 valence electrons. The zero-order valence-electron chi connectivity index (χ0n) is 19.6. The highest BCUT2D eigenvalue weighted by Gasteiger charge is 2.27. The van der Waals surface area contributed by atoms with E-state index in [1.165, 1.54) is 0 Å². The van der Waals surface area contributed by atoms with Gasteiger partial charge in [-0.2, -0.15) is 0 Å². The fraction of sp³-hybridized carbons (Fsp3) is 0.321. The van der Waals surface area contributed by atoms with E-state index in [1.807, 2.05) is 54.6 Å². The minimum Gasteiger partial charge on any atom is -0.497 e. The van der Waals surface area contributed by atoms with Crippen molar-refractivity contribution in [1.29, 1.82) is 0 Å². The topological polar surface area (TPSA) is 94.7 Å². The Labute approximate surface area is 203 Å². The van der Waals surface area contributed by atoms with Gasteiger partial charge in [0.05, 0.1) is 24.3 Å². The molecule has 35 heavy (non-hydrogen) atoms. The molecule has 1 aliphatic rings. The third-order valence-electron chi connectivity index (χ3n) is 6.64. The molecule has 1 fully saturated rings. The van der Waals surface area contributed by atoms with Crippen molar-refractivity contribution in [1.82, 2.24) is 9.97 Å². The number of carbonyl (C=O) groups is 1. The van der Waals surface area contributed by atoms with Gasteiger partial charge >= 0.3 is 5.97 Å². The standard InChI is InChI=1S/C28H28N2O5/c1-33-21-12-10-19(11-13-21)25-26-23(15-18-6-5-9-22(14-18)34-16-24(31)32)29-17-30-28(26)35-27(25)20-7-3-2-4-8-20/h2-4,7-8,10-13,17-18,22H,5-6,9,14-16H2,1H3,(H,31,32)/t18-,22+/m0/s1. The van der Waals surface area contributed by atoms with Crippen LogP contribution in [-0.2, 0) is 16.0 Å². The van der Waals surface area contributed by atoms with Crippen LogP contribution in [0, 0.1) is 5.92 Å². The van der Waals surface area contributed by atoms with Gasteiger partial charge in [-0.25, -0.2) is 14.8 Å². The van der Waals surface area contributed by atoms with E-state index in [4.69, 9.17) is 24.0 Å². The van der Waals surface area contributed by atoms with Crippen molar-refractivity contribution >= 4 is 17.1 Å². The molecule has 1 saturated carbocycles. The Hall–Kier alpha value is -3.71. The molecule has 2 atom stereocenters. The molecule has 7 nitrogen and oxygen atoms in total. The third kappa shape index (κ3) is 5.05. The molecule has 2 aromatic heterocycles. The maximum atomic E-state index is 10.9. The van der Waals surface area contributed by atoms with E-state index in [1.54, 1.807) is 13.4 Å². The average Bonchev–Trinajstić information content (AvgIpc) is 3.29. The van der Waals surface area contributed by atoms with E-state index in [0.29, 0.717) is 11.6 Å². The quantitative estimate of drug-likeness (QED) is 0.348. The second-order valence-corrected chi connectivity index (χ2v) is 8.96. The van der Waals surface area contributed by atoms with Gasteiger partial charge in [-0.15, -0.1) is 0 Å². The fourth-order valence-corrected chi connectivity index (χ4v) is 5.02. The lowest BCUT2D eigenvalue weighted by Gasteiger charge is -2.28. The van der Waals surface area contributed by atoms with E-state index < -0.39 is 5.97 Å². The molecule has 7 heteroatoms. The van der Waals surface area contributed by atoms with Crippen LogP contribution < -0.4 is 4.74 Å². The van der Waals surface area contributed by atoms with Crippen molar-refractivity contribution in [3.63, 3.8) is 0 Å². The largest absolute Gasteiger partial charge is 0.497 e. The molecular formula is C28H28N2O5. The van der Waals surface area contributed by atoms with Gasteiger partial charge in [0.15, 0.2) is 0 Å². The summed E-state index contributed by atoms with van der Waals surface area (Å²) in [6, 6.07) is 18.0. The van der Waals surface area contributed by atoms with Gasteiger partial charge in [0, 0.05) is 11.1 Å². The third-order valence-corrected chi connectivity index (χ3v) is 6.64. The highest BCUT2D eigenvalue weighted by atomic mass is 16.5. The molecule has 0 aliphatic heterocycles. The van der Waals surface area contributed by atoms with Crippen LogP contribution in [-0.4, -0.2) is 40.9 Å². The summed E-state index contributed by atoms with van der Waals surface area (Å²) in [7, 11) is 1.65. The van der Waals surface area contributed by atoms with Crippen LogP contribution in [0.4, 0.5) is 0 Å². The van der Waals surface area contributed by atoms with Crippen molar-refractivity contribution in [2.24, 2.45) is 5.92 Å². The number of nitrogens with zero attached hydrogens (tertiary/aromatic N) is 2. The first-order valence-corrected chi connectivity index (χ1v) is 11.9.